The molecule has 3 heteroatoms. The predicted octanol–water partition coefficient (Wildman–Crippen LogP) is 3.38. The van der Waals surface area contributed by atoms with E-state index in [1.165, 1.54) is 27.7 Å². The van der Waals surface area contributed by atoms with E-state index in [1.807, 2.05) is 6.92 Å². The first-order valence-corrected chi connectivity index (χ1v) is 7.09. The first-order valence-electron chi connectivity index (χ1n) is 7.09. The smallest absolute Gasteiger partial charge is 0.220 e. The van der Waals surface area contributed by atoms with Gasteiger partial charge in [-0.25, -0.2) is 0 Å². The van der Waals surface area contributed by atoms with E-state index in [4.69, 9.17) is 0 Å². The van der Waals surface area contributed by atoms with Gasteiger partial charge in [0.1, 0.15) is 0 Å². The zero-order chi connectivity index (χ0) is 13.4. The van der Waals surface area contributed by atoms with Gasteiger partial charge in [-0.3, -0.25) is 4.79 Å². The van der Waals surface area contributed by atoms with Gasteiger partial charge in [-0.1, -0.05) is 18.6 Å². The summed E-state index contributed by atoms with van der Waals surface area (Å²) in [6.45, 7) is 4.02. The van der Waals surface area contributed by atoms with Gasteiger partial charge in [0.05, 0.1) is 6.04 Å². The minimum Gasteiger partial charge on any atom is -0.356 e. The molecule has 100 valence electrons. The highest BCUT2D eigenvalue weighted by Gasteiger charge is 2.25. The molecule has 3 rings (SSSR count). The summed E-state index contributed by atoms with van der Waals surface area (Å²) in [6, 6.07) is 6.67. The van der Waals surface area contributed by atoms with E-state index >= 15 is 0 Å². The summed E-state index contributed by atoms with van der Waals surface area (Å²) in [4.78, 5) is 15.1. The van der Waals surface area contributed by atoms with Crippen LogP contribution in [0.15, 0.2) is 18.2 Å². The van der Waals surface area contributed by atoms with Gasteiger partial charge in [0, 0.05) is 23.0 Å². The summed E-state index contributed by atoms with van der Waals surface area (Å²) in [6.07, 6.45) is 3.83. The lowest BCUT2D eigenvalue weighted by Crippen LogP contribution is -2.30. The lowest BCUT2D eigenvalue weighted by molar-refractivity contribution is -0.121. The number of rotatable bonds is 2. The number of fused-ring (bicyclic) bond motifs is 3. The topological polar surface area (TPSA) is 44.9 Å². The first-order chi connectivity index (χ1) is 9.19. The molecular weight excluding hydrogens is 236 g/mol. The Kier molecular flexibility index (Phi) is 3.05. The number of nitrogens with one attached hydrogen (secondary N) is 2. The van der Waals surface area contributed by atoms with Crippen molar-refractivity contribution in [2.75, 3.05) is 0 Å². The zero-order valence-electron chi connectivity index (χ0n) is 11.5. The Hall–Kier alpha value is -1.77. The van der Waals surface area contributed by atoms with E-state index in [0.29, 0.717) is 6.42 Å². The molecule has 0 aliphatic heterocycles. The average molecular weight is 256 g/mol. The van der Waals surface area contributed by atoms with Crippen molar-refractivity contribution in [2.24, 2.45) is 0 Å². The van der Waals surface area contributed by atoms with Crippen molar-refractivity contribution in [3.05, 3.63) is 35.0 Å². The van der Waals surface area contributed by atoms with Crippen molar-refractivity contribution in [3.63, 3.8) is 0 Å². The van der Waals surface area contributed by atoms with Gasteiger partial charge >= 0.3 is 0 Å². The molecule has 1 atom stereocenters. The molecule has 0 saturated carbocycles. The second kappa shape index (κ2) is 4.72. The maximum absolute atomic E-state index is 11.6. The highest BCUT2D eigenvalue weighted by molar-refractivity contribution is 5.86. The van der Waals surface area contributed by atoms with Crippen LogP contribution in [0.4, 0.5) is 0 Å². The number of carbonyl (C=O) groups excluding carboxylic acids is 1. The third kappa shape index (κ3) is 2.14. The molecule has 1 amide bonds. The van der Waals surface area contributed by atoms with Crippen LogP contribution in [-0.4, -0.2) is 10.9 Å². The van der Waals surface area contributed by atoms with E-state index < -0.39 is 0 Å². The lowest BCUT2D eigenvalue weighted by atomic mass is 9.91. The summed E-state index contributed by atoms with van der Waals surface area (Å²) in [5.41, 5.74) is 5.09. The van der Waals surface area contributed by atoms with Gasteiger partial charge in [0.15, 0.2) is 0 Å². The molecule has 0 bridgehead atoms. The molecule has 0 saturated heterocycles. The normalized spacial score (nSPS) is 18.3. The maximum Gasteiger partial charge on any atom is 0.220 e. The molecule has 0 spiro atoms. The summed E-state index contributed by atoms with van der Waals surface area (Å²) in [5.74, 6) is 0.132. The Morgan fingerprint density at radius 3 is 3.11 bits per heavy atom. The second-order valence-electron chi connectivity index (χ2n) is 5.43. The molecule has 2 aromatic rings. The van der Waals surface area contributed by atoms with E-state index in [1.54, 1.807) is 0 Å². The zero-order valence-corrected chi connectivity index (χ0v) is 11.5. The molecule has 1 aromatic carbocycles. The van der Waals surface area contributed by atoms with Crippen LogP contribution < -0.4 is 5.32 Å². The van der Waals surface area contributed by atoms with Gasteiger partial charge in [-0.05, 0) is 43.9 Å². The Bertz CT molecular complexity index is 627. The van der Waals surface area contributed by atoms with Gasteiger partial charge in [-0.15, -0.1) is 0 Å². The minimum atomic E-state index is 0.132. The molecule has 2 N–H and O–H groups in total. The third-order valence-corrected chi connectivity index (χ3v) is 4.02. The number of aromatic amines is 1. The van der Waals surface area contributed by atoms with Crippen molar-refractivity contribution in [1.29, 1.82) is 0 Å². The van der Waals surface area contributed by atoms with Crippen molar-refractivity contribution < 1.29 is 4.79 Å². The number of benzene rings is 1. The Labute approximate surface area is 113 Å². The Balaban J connectivity index is 2.04. The minimum absolute atomic E-state index is 0.132. The number of hydrogen-bond donors (Lipinski definition) is 2. The SMILES string of the molecule is CCC(=O)NC1CCCc2c1[nH]c1ccc(C)cc21. The Morgan fingerprint density at radius 2 is 2.32 bits per heavy atom. The summed E-state index contributed by atoms with van der Waals surface area (Å²) in [5, 5.41) is 4.45. The lowest BCUT2D eigenvalue weighted by Gasteiger charge is -2.23. The molecule has 1 aliphatic rings. The molecule has 1 heterocycles. The van der Waals surface area contributed by atoms with Crippen molar-refractivity contribution in [3.8, 4) is 0 Å². The van der Waals surface area contributed by atoms with Crippen LogP contribution >= 0.6 is 0 Å². The molecule has 1 unspecified atom stereocenters. The summed E-state index contributed by atoms with van der Waals surface area (Å²) < 4.78 is 0. The fourth-order valence-electron chi connectivity index (χ4n) is 3.02. The number of carbonyl (C=O) groups is 1. The highest BCUT2D eigenvalue weighted by atomic mass is 16.1. The molecule has 0 radical (unpaired) electrons. The van der Waals surface area contributed by atoms with Crippen molar-refractivity contribution >= 4 is 16.8 Å². The maximum atomic E-state index is 11.6. The third-order valence-electron chi connectivity index (χ3n) is 4.02. The first kappa shape index (κ1) is 12.3. The van der Waals surface area contributed by atoms with Gasteiger partial charge < -0.3 is 10.3 Å². The van der Waals surface area contributed by atoms with Crippen LogP contribution in [0, 0.1) is 6.92 Å². The van der Waals surface area contributed by atoms with Crippen LogP contribution in [0.3, 0.4) is 0 Å². The van der Waals surface area contributed by atoms with Gasteiger partial charge in [0.25, 0.3) is 0 Å². The summed E-state index contributed by atoms with van der Waals surface area (Å²) >= 11 is 0. The number of aryl methyl sites for hydroxylation is 2. The molecule has 1 aromatic heterocycles. The number of aromatic nitrogens is 1. The van der Waals surface area contributed by atoms with E-state index in [-0.39, 0.29) is 11.9 Å². The van der Waals surface area contributed by atoms with E-state index in [0.717, 1.165) is 19.3 Å². The average Bonchev–Trinajstić information content (AvgIpc) is 2.78. The van der Waals surface area contributed by atoms with Crippen LogP contribution in [0.1, 0.15) is 49.0 Å². The number of amides is 1. The number of H-pyrrole nitrogens is 1. The molecule has 3 nitrogen and oxygen atoms in total. The van der Waals surface area contributed by atoms with Crippen LogP contribution in [0.2, 0.25) is 0 Å². The molecular formula is C16H20N2O. The quantitative estimate of drug-likeness (QED) is 0.850. The fourth-order valence-corrected chi connectivity index (χ4v) is 3.02. The summed E-state index contributed by atoms with van der Waals surface area (Å²) in [7, 11) is 0. The Morgan fingerprint density at radius 1 is 1.47 bits per heavy atom. The van der Waals surface area contributed by atoms with Crippen molar-refractivity contribution in [1.82, 2.24) is 10.3 Å². The number of hydrogen-bond acceptors (Lipinski definition) is 1. The van der Waals surface area contributed by atoms with E-state index in [9.17, 15) is 4.79 Å². The standard InChI is InChI=1S/C16H20N2O/c1-3-15(19)17-14-6-4-5-11-12-9-10(2)7-8-13(12)18-16(11)14/h7-9,14,18H,3-6H2,1-2H3,(H,17,19). The molecule has 0 fully saturated rings. The molecule has 1 aliphatic carbocycles. The second-order valence-corrected chi connectivity index (χ2v) is 5.43. The van der Waals surface area contributed by atoms with E-state index in [2.05, 4.69) is 35.4 Å². The fraction of sp³-hybridized carbons (Fsp3) is 0.438. The van der Waals surface area contributed by atoms with Gasteiger partial charge in [-0.2, -0.15) is 0 Å². The van der Waals surface area contributed by atoms with Crippen LogP contribution in [0.5, 0.6) is 0 Å². The monoisotopic (exact) mass is 256 g/mol. The van der Waals surface area contributed by atoms with Crippen molar-refractivity contribution in [2.45, 2.75) is 45.6 Å². The van der Waals surface area contributed by atoms with Crippen LogP contribution in [0.25, 0.3) is 10.9 Å². The largest absolute Gasteiger partial charge is 0.356 e. The molecule has 19 heavy (non-hydrogen) atoms. The predicted molar refractivity (Wildman–Crippen MR) is 77.1 cm³/mol. The van der Waals surface area contributed by atoms with Gasteiger partial charge in [0.2, 0.25) is 5.91 Å². The van der Waals surface area contributed by atoms with Crippen LogP contribution in [-0.2, 0) is 11.2 Å². The highest BCUT2D eigenvalue weighted by Crippen LogP contribution is 2.35.